The number of hydrogen-bond donors (Lipinski definition) is 2. The predicted molar refractivity (Wildman–Crippen MR) is 196 cm³/mol. The molecule has 9 nitrogen and oxygen atoms in total. The highest BCUT2D eigenvalue weighted by molar-refractivity contribution is 6.04. The van der Waals surface area contributed by atoms with Crippen molar-refractivity contribution in [2.75, 3.05) is 46.1 Å². The summed E-state index contributed by atoms with van der Waals surface area (Å²) < 4.78 is 2.21. The summed E-state index contributed by atoms with van der Waals surface area (Å²) in [5, 5.41) is 6.12. The van der Waals surface area contributed by atoms with Gasteiger partial charge in [0.1, 0.15) is 5.69 Å². The summed E-state index contributed by atoms with van der Waals surface area (Å²) in [4.78, 5) is 45.3. The molecule has 50 heavy (non-hydrogen) atoms. The van der Waals surface area contributed by atoms with Crippen molar-refractivity contribution in [3.63, 3.8) is 0 Å². The van der Waals surface area contributed by atoms with E-state index in [1.54, 1.807) is 19.0 Å². The van der Waals surface area contributed by atoms with Crippen LogP contribution in [0.4, 0.5) is 5.69 Å². The van der Waals surface area contributed by atoms with Crippen molar-refractivity contribution in [2.45, 2.75) is 63.2 Å². The first-order chi connectivity index (χ1) is 24.2. The third kappa shape index (κ3) is 6.85. The molecule has 1 spiro atoms. The van der Waals surface area contributed by atoms with Crippen molar-refractivity contribution >= 4 is 23.4 Å². The van der Waals surface area contributed by atoms with Crippen molar-refractivity contribution in [1.29, 1.82) is 0 Å². The highest BCUT2D eigenvalue weighted by atomic mass is 16.2. The minimum absolute atomic E-state index is 0.00854. The molecule has 0 bridgehead atoms. The monoisotopic (exact) mass is 672 g/mol. The minimum Gasteiger partial charge on any atom is -0.347 e. The van der Waals surface area contributed by atoms with Crippen molar-refractivity contribution in [1.82, 2.24) is 24.6 Å². The molecule has 9 heteroatoms. The van der Waals surface area contributed by atoms with Gasteiger partial charge in [0.15, 0.2) is 0 Å². The van der Waals surface area contributed by atoms with E-state index in [9.17, 15) is 14.4 Å². The van der Waals surface area contributed by atoms with E-state index in [1.165, 1.54) is 36.1 Å². The lowest BCUT2D eigenvalue weighted by Gasteiger charge is -2.53. The Labute approximate surface area is 295 Å². The third-order valence-electron chi connectivity index (χ3n) is 11.0. The average molecular weight is 673 g/mol. The molecule has 260 valence electrons. The normalized spacial score (nSPS) is 18.6. The van der Waals surface area contributed by atoms with Crippen LogP contribution in [0.5, 0.6) is 0 Å². The Morgan fingerprint density at radius 2 is 1.48 bits per heavy atom. The van der Waals surface area contributed by atoms with Gasteiger partial charge in [-0.2, -0.15) is 0 Å². The molecule has 3 aliphatic rings. The van der Waals surface area contributed by atoms with Crippen molar-refractivity contribution in [2.24, 2.45) is 0 Å². The second-order valence-electron chi connectivity index (χ2n) is 14.5. The van der Waals surface area contributed by atoms with Crippen LogP contribution in [0, 0.1) is 0 Å². The largest absolute Gasteiger partial charge is 0.347 e. The Kier molecular flexibility index (Phi) is 9.62. The Morgan fingerprint density at radius 3 is 2.14 bits per heavy atom. The van der Waals surface area contributed by atoms with Gasteiger partial charge in [-0.05, 0) is 117 Å². The van der Waals surface area contributed by atoms with Gasteiger partial charge in [-0.15, -0.1) is 0 Å². The molecule has 1 unspecified atom stereocenters. The predicted octanol–water partition coefficient (Wildman–Crippen LogP) is 6.08. The minimum atomic E-state index is -0.131. The molecule has 1 aliphatic carbocycles. The van der Waals surface area contributed by atoms with E-state index in [1.807, 2.05) is 54.6 Å². The van der Waals surface area contributed by atoms with Crippen LogP contribution in [0.25, 0.3) is 0 Å². The van der Waals surface area contributed by atoms with Crippen molar-refractivity contribution in [3.8, 4) is 0 Å². The molecule has 3 amide bonds. The summed E-state index contributed by atoms with van der Waals surface area (Å²) >= 11 is 0. The van der Waals surface area contributed by atoms with Gasteiger partial charge in [-0.1, -0.05) is 36.4 Å². The van der Waals surface area contributed by atoms with E-state index in [4.69, 9.17) is 0 Å². The molecule has 1 aromatic heterocycles. The quantitative estimate of drug-likeness (QED) is 0.225. The van der Waals surface area contributed by atoms with Gasteiger partial charge in [0.25, 0.3) is 17.7 Å². The van der Waals surface area contributed by atoms with Gasteiger partial charge in [0.05, 0.1) is 5.54 Å². The SMILES string of the molecule is CN1CCCC(c2ccc(C(=O)Nc3ccc(CNC(=O)c4ccc5n4CCN(Cc4ccc(C(=O)N(C)C)cc4)C54CCC4)cc3)cc2)C1. The fourth-order valence-electron chi connectivity index (χ4n) is 7.98. The Hall–Kier alpha value is -4.73. The molecule has 2 fully saturated rings. The maximum absolute atomic E-state index is 13.5. The number of nitrogens with one attached hydrogen (secondary N) is 2. The number of carbonyl (C=O) groups excluding carboxylic acids is 3. The van der Waals surface area contributed by atoms with Crippen molar-refractivity contribution in [3.05, 3.63) is 124 Å². The molecule has 2 aliphatic heterocycles. The zero-order valence-electron chi connectivity index (χ0n) is 29.5. The number of amides is 3. The zero-order chi connectivity index (χ0) is 34.8. The van der Waals surface area contributed by atoms with Gasteiger partial charge in [0.2, 0.25) is 0 Å². The van der Waals surface area contributed by atoms with Gasteiger partial charge in [-0.25, -0.2) is 0 Å². The van der Waals surface area contributed by atoms with Crippen LogP contribution in [-0.2, 0) is 25.2 Å². The first-order valence-corrected chi connectivity index (χ1v) is 17.9. The molecule has 3 heterocycles. The maximum Gasteiger partial charge on any atom is 0.268 e. The van der Waals surface area contributed by atoms with Gasteiger partial charge in [0, 0.05) is 69.3 Å². The van der Waals surface area contributed by atoms with Crippen LogP contribution in [0.15, 0.2) is 84.9 Å². The molecule has 1 atom stereocenters. The fraction of sp³-hybridized carbons (Fsp3) is 0.390. The van der Waals surface area contributed by atoms with Crippen molar-refractivity contribution < 1.29 is 14.4 Å². The number of piperidine rings is 1. The van der Waals surface area contributed by atoms with E-state index in [0.717, 1.165) is 56.8 Å². The Bertz CT molecular complexity index is 1840. The van der Waals surface area contributed by atoms with E-state index >= 15 is 0 Å². The molecule has 3 aromatic carbocycles. The third-order valence-corrected chi connectivity index (χ3v) is 11.0. The lowest BCUT2D eigenvalue weighted by molar-refractivity contribution is -0.0217. The van der Waals surface area contributed by atoms with E-state index in [-0.39, 0.29) is 23.3 Å². The topological polar surface area (TPSA) is 89.9 Å². The zero-order valence-corrected chi connectivity index (χ0v) is 29.5. The number of likely N-dealkylation sites (tertiary alicyclic amines) is 1. The molecular formula is C41H48N6O3. The van der Waals surface area contributed by atoms with Gasteiger partial charge < -0.3 is 25.0 Å². The van der Waals surface area contributed by atoms with Crippen LogP contribution in [0.2, 0.25) is 0 Å². The first-order valence-electron chi connectivity index (χ1n) is 17.9. The van der Waals surface area contributed by atoms with Crippen LogP contribution in [0.1, 0.15) is 91.6 Å². The van der Waals surface area contributed by atoms with Gasteiger partial charge in [-0.3, -0.25) is 19.3 Å². The number of benzene rings is 3. The molecule has 7 rings (SSSR count). The number of aromatic nitrogens is 1. The van der Waals surface area contributed by atoms with Gasteiger partial charge >= 0.3 is 0 Å². The standard InChI is InChI=1S/C41H48N6O3/c1-44(2)40(50)33-11-7-30(8-12-33)27-46-24-25-47-36(19-20-37(47)41(46)21-5-22-41)39(49)42-26-29-9-17-35(18-10-29)43-38(48)32-15-13-31(14-16-32)34-6-4-23-45(3)28-34/h7-20,34H,4-6,21-28H2,1-3H3,(H,42,49)(H,43,48). The highest BCUT2D eigenvalue weighted by Crippen LogP contribution is 2.49. The van der Waals surface area contributed by atoms with E-state index in [0.29, 0.717) is 29.3 Å². The second kappa shape index (κ2) is 14.2. The van der Waals surface area contributed by atoms with Crippen LogP contribution >= 0.6 is 0 Å². The van der Waals surface area contributed by atoms with Crippen LogP contribution in [0.3, 0.4) is 0 Å². The Morgan fingerprint density at radius 1 is 0.780 bits per heavy atom. The summed E-state index contributed by atoms with van der Waals surface area (Å²) in [5.74, 6) is 0.318. The van der Waals surface area contributed by atoms with E-state index in [2.05, 4.69) is 62.4 Å². The summed E-state index contributed by atoms with van der Waals surface area (Å²) in [6, 6.07) is 27.7. The summed E-state index contributed by atoms with van der Waals surface area (Å²) in [6.45, 7) is 5.03. The highest BCUT2D eigenvalue weighted by Gasteiger charge is 2.48. The average Bonchev–Trinajstić information content (AvgIpc) is 3.55. The number of likely N-dealkylation sites (N-methyl/N-ethyl adjacent to an activating group) is 1. The lowest BCUT2D eigenvalue weighted by atomic mass is 9.71. The number of rotatable bonds is 9. The summed E-state index contributed by atoms with van der Waals surface area (Å²) in [6.07, 6.45) is 5.71. The molecule has 1 saturated heterocycles. The molecular weight excluding hydrogens is 624 g/mol. The summed E-state index contributed by atoms with van der Waals surface area (Å²) in [5.41, 5.74) is 7.35. The smallest absolute Gasteiger partial charge is 0.268 e. The lowest BCUT2D eigenvalue weighted by Crippen LogP contribution is -2.56. The molecule has 1 saturated carbocycles. The second-order valence-corrected chi connectivity index (χ2v) is 14.5. The number of carbonyl (C=O) groups is 3. The maximum atomic E-state index is 13.5. The Balaban J connectivity index is 0.937. The number of fused-ring (bicyclic) bond motifs is 2. The van der Waals surface area contributed by atoms with Crippen LogP contribution in [-0.4, -0.2) is 77.8 Å². The number of anilines is 1. The number of hydrogen-bond acceptors (Lipinski definition) is 5. The van der Waals surface area contributed by atoms with Crippen LogP contribution < -0.4 is 10.6 Å². The molecule has 4 aromatic rings. The summed E-state index contributed by atoms with van der Waals surface area (Å²) in [7, 11) is 5.71. The fourth-order valence-corrected chi connectivity index (χ4v) is 7.98. The first kappa shape index (κ1) is 33.8. The molecule has 2 N–H and O–H groups in total. The number of nitrogens with zero attached hydrogens (tertiary/aromatic N) is 4. The van der Waals surface area contributed by atoms with E-state index < -0.39 is 0 Å². The molecule has 0 radical (unpaired) electrons.